The van der Waals surface area contributed by atoms with Crippen molar-refractivity contribution >= 4 is 38.2 Å². The molecule has 5 fully saturated rings. The predicted molar refractivity (Wildman–Crippen MR) is 323 cm³/mol. The van der Waals surface area contributed by atoms with E-state index in [4.69, 9.17) is 47.1 Å². The predicted octanol–water partition coefficient (Wildman–Crippen LogP) is 9.40. The van der Waals surface area contributed by atoms with Crippen LogP contribution in [-0.2, 0) is 65.0 Å². The lowest BCUT2D eigenvalue weighted by atomic mass is 9.46. The second-order valence-corrected chi connectivity index (χ2v) is 32.1. The van der Waals surface area contributed by atoms with E-state index in [2.05, 4.69) is 84.8 Å². The number of Topliss-reactive ketones (excluding diaryl/α,β-unsaturated/α-hetero) is 1. The van der Waals surface area contributed by atoms with Crippen LogP contribution in [0.4, 0.5) is 9.59 Å². The zero-order chi connectivity index (χ0) is 63.4. The van der Waals surface area contributed by atoms with Gasteiger partial charge in [-0.2, -0.15) is 0 Å². The summed E-state index contributed by atoms with van der Waals surface area (Å²) in [7, 11) is -0.548. The van der Waals surface area contributed by atoms with Gasteiger partial charge in [0.05, 0.1) is 32.0 Å². The number of carbonyl (C=O) groups is 5. The third kappa shape index (κ3) is 14.8. The van der Waals surface area contributed by atoms with Crippen molar-refractivity contribution in [3.05, 3.63) is 89.5 Å². The van der Waals surface area contributed by atoms with E-state index < -0.39 is 118 Å². The number of fused-ring (bicyclic) bond motifs is 5. The second-order valence-electron chi connectivity index (χ2n) is 27.4. The first-order valence-electron chi connectivity index (χ1n) is 31.1. The molecule has 2 amide bonds. The molecule has 0 radical (unpaired) electrons. The van der Waals surface area contributed by atoms with E-state index in [-0.39, 0.29) is 71.8 Å². The summed E-state index contributed by atoms with van der Waals surface area (Å²) in [6.45, 7) is 25.9. The largest absolute Gasteiger partial charge is 0.497 e. The molecule has 8 rings (SSSR count). The zero-order valence-electron chi connectivity index (χ0n) is 53.0. The molecule has 9 unspecified atom stereocenters. The summed E-state index contributed by atoms with van der Waals surface area (Å²) in [6, 6.07) is 13.0. The fourth-order valence-electron chi connectivity index (χ4n) is 14.4. The van der Waals surface area contributed by atoms with Gasteiger partial charge in [-0.25, -0.2) is 14.4 Å². The SMILES string of the molecule is C=CCOC(=O)NCc1ccc(CNC(=O)OC2C(O)COC(OC3C(O)COC(O[C@H]4C[C@H]5[C@@H]6CC=C7C[C@@H](O[Si](C)(C)C(C)(C)C)CC[C@]7(C)C6CC[C@]5(C)[C@@]4(O)[C@H](C)C(=O)CCC(C)C)C3OC(C)=O)C2OC(=O)c2ccc(OC)cc2)cc1. The molecule has 87 heavy (non-hydrogen) atoms. The highest BCUT2D eigenvalue weighted by atomic mass is 28.4. The van der Waals surface area contributed by atoms with Gasteiger partial charge >= 0.3 is 24.1 Å². The van der Waals surface area contributed by atoms with E-state index in [1.54, 1.807) is 43.3 Å². The number of rotatable bonds is 22. The number of aliphatic hydroxyl groups excluding tert-OH is 2. The molecular weight excluding hydrogens is 1140 g/mol. The van der Waals surface area contributed by atoms with Crippen LogP contribution < -0.4 is 15.4 Å². The number of methoxy groups -OCH3 is 1. The summed E-state index contributed by atoms with van der Waals surface area (Å²) in [5.41, 5.74) is 0.312. The van der Waals surface area contributed by atoms with Crippen LogP contribution in [0.5, 0.6) is 5.75 Å². The Bertz CT molecular complexity index is 2770. The van der Waals surface area contributed by atoms with Gasteiger partial charge < -0.3 is 73.0 Å². The summed E-state index contributed by atoms with van der Waals surface area (Å²) < 4.78 is 61.1. The summed E-state index contributed by atoms with van der Waals surface area (Å²) in [6.07, 6.45) is -4.93. The summed E-state index contributed by atoms with van der Waals surface area (Å²) in [5, 5.41) is 42.6. The molecule has 21 heteroatoms. The zero-order valence-corrected chi connectivity index (χ0v) is 54.0. The van der Waals surface area contributed by atoms with Crippen molar-refractivity contribution in [1.29, 1.82) is 0 Å². The van der Waals surface area contributed by atoms with Gasteiger partial charge in [0, 0.05) is 43.9 Å². The van der Waals surface area contributed by atoms with Crippen LogP contribution in [0.2, 0.25) is 18.1 Å². The van der Waals surface area contributed by atoms with E-state index in [0.717, 1.165) is 37.7 Å². The Hall–Kier alpha value is -5.23. The molecule has 2 aromatic carbocycles. The number of ketones is 1. The monoisotopic (exact) mass is 1230 g/mol. The molecule has 3 saturated carbocycles. The number of allylic oxidation sites excluding steroid dienone is 1. The first kappa shape index (κ1) is 67.7. The fraction of sp³-hybridized carbons (Fsp3) is 0.682. The first-order chi connectivity index (χ1) is 41.0. The minimum atomic E-state index is -2.02. The maximum atomic E-state index is 14.5. The number of amides is 2. The van der Waals surface area contributed by atoms with Crippen molar-refractivity contribution in [3.63, 3.8) is 0 Å². The Kier molecular flexibility index (Phi) is 21.7. The molecule has 17 atom stereocenters. The van der Waals surface area contributed by atoms with Gasteiger partial charge in [-0.05, 0) is 134 Å². The van der Waals surface area contributed by atoms with E-state index in [1.807, 2.05) is 0 Å². The van der Waals surface area contributed by atoms with Crippen LogP contribution in [0.1, 0.15) is 142 Å². The summed E-state index contributed by atoms with van der Waals surface area (Å²) in [5.74, 6) is -1.61. The standard InChI is InChI=1S/C66H96N2O18Si/c1-14-31-78-61(74)67-34-41-16-18-42(19-17-41)35-68-62(75)85-55-52(72)37-80-60(57(55)83-58(73)43-20-23-45(77-11)24-21-43)84-54-51(71)36-79-59(56(54)81-40(5)69)82-53-33-49-47-25-22-44-32-46(86-87(12,13)63(6,7)8)27-29-64(44,9)48(47)28-30-65(49,10)66(53,76)39(4)50(70)26-15-38(2)3/h14,16-24,38-39,46-49,51-57,59-60,71-72,76H,1,15,25-37H2,2-13H3,(H,67,74)(H,68,75)/t39-,46+,47-,48?,49+,51?,52?,53+,54?,55?,56?,57?,59?,60?,64+,65+,66-/m1/s1. The smallest absolute Gasteiger partial charge is 0.407 e. The van der Waals surface area contributed by atoms with E-state index in [9.17, 15) is 39.3 Å². The molecular formula is C66H96N2O18Si. The van der Waals surface area contributed by atoms with E-state index >= 15 is 0 Å². The number of aliphatic hydroxyl groups is 3. The summed E-state index contributed by atoms with van der Waals surface area (Å²) >= 11 is 0. The Morgan fingerprint density at radius 3 is 2.01 bits per heavy atom. The quantitative estimate of drug-likeness (QED) is 0.0318. The van der Waals surface area contributed by atoms with Gasteiger partial charge in [-0.1, -0.05) is 104 Å². The number of hydrogen-bond acceptors (Lipinski definition) is 18. The lowest BCUT2D eigenvalue weighted by Gasteiger charge is -2.60. The van der Waals surface area contributed by atoms with E-state index in [1.165, 1.54) is 37.8 Å². The van der Waals surface area contributed by atoms with Gasteiger partial charge in [-0.3, -0.25) is 9.59 Å². The van der Waals surface area contributed by atoms with Crippen molar-refractivity contribution < 1.29 is 86.4 Å². The number of carbonyl (C=O) groups excluding carboxylic acids is 5. The highest BCUT2D eigenvalue weighted by molar-refractivity contribution is 6.74. The second kappa shape index (κ2) is 27.9. The topological polar surface area (TPSA) is 262 Å². The molecule has 6 aliphatic rings. The molecule has 482 valence electrons. The molecule has 0 spiro atoms. The van der Waals surface area contributed by atoms with Crippen molar-refractivity contribution in [3.8, 4) is 5.75 Å². The molecule has 2 aromatic rings. The van der Waals surface area contributed by atoms with Gasteiger partial charge in [0.25, 0.3) is 0 Å². The number of ether oxygens (including phenoxy) is 9. The molecule has 2 heterocycles. The van der Waals surface area contributed by atoms with Crippen LogP contribution >= 0.6 is 0 Å². The number of nitrogens with one attached hydrogen (secondary N) is 2. The molecule has 2 aliphatic heterocycles. The number of benzene rings is 2. The molecule has 0 bridgehead atoms. The van der Waals surface area contributed by atoms with Crippen LogP contribution in [0.15, 0.2) is 72.8 Å². The molecule has 5 N–H and O–H groups in total. The minimum absolute atomic E-state index is 0.0310. The Morgan fingerprint density at radius 2 is 1.41 bits per heavy atom. The van der Waals surface area contributed by atoms with Crippen molar-refractivity contribution in [2.75, 3.05) is 26.9 Å². The Morgan fingerprint density at radius 1 is 0.805 bits per heavy atom. The third-order valence-electron chi connectivity index (χ3n) is 20.4. The fourth-order valence-corrected chi connectivity index (χ4v) is 15.8. The van der Waals surface area contributed by atoms with Crippen molar-refractivity contribution in [2.24, 2.45) is 40.4 Å². The number of alkyl carbamates (subject to hydrolysis) is 2. The molecule has 0 aromatic heterocycles. The Labute approximate surface area is 514 Å². The Balaban J connectivity index is 1.05. The summed E-state index contributed by atoms with van der Waals surface area (Å²) in [4.78, 5) is 67.5. The van der Waals surface area contributed by atoms with Gasteiger partial charge in [0.1, 0.15) is 42.1 Å². The highest BCUT2D eigenvalue weighted by Crippen LogP contribution is 2.69. The molecule has 4 aliphatic carbocycles. The van der Waals surface area contributed by atoms with Gasteiger partial charge in [0.15, 0.2) is 39.2 Å². The molecule has 20 nitrogen and oxygen atoms in total. The average Bonchev–Trinajstić information content (AvgIpc) is 1.60. The number of hydrogen-bond donors (Lipinski definition) is 5. The van der Waals surface area contributed by atoms with Crippen LogP contribution in [0.3, 0.4) is 0 Å². The van der Waals surface area contributed by atoms with Crippen molar-refractivity contribution in [1.82, 2.24) is 10.6 Å². The van der Waals surface area contributed by atoms with Crippen LogP contribution in [0.25, 0.3) is 0 Å². The lowest BCUT2D eigenvalue weighted by molar-refractivity contribution is -0.344. The minimum Gasteiger partial charge on any atom is -0.497 e. The lowest BCUT2D eigenvalue weighted by Crippen LogP contribution is -2.64. The third-order valence-corrected chi connectivity index (χ3v) is 25.0. The average molecular weight is 1230 g/mol. The van der Waals surface area contributed by atoms with Crippen molar-refractivity contribution in [2.45, 2.75) is 218 Å². The van der Waals surface area contributed by atoms with Gasteiger partial charge in [-0.15, -0.1) is 0 Å². The maximum Gasteiger partial charge on any atom is 0.407 e. The number of esters is 2. The maximum absolute atomic E-state index is 14.5. The van der Waals surface area contributed by atoms with E-state index in [0.29, 0.717) is 36.5 Å². The first-order valence-corrected chi connectivity index (χ1v) is 34.0. The highest BCUT2D eigenvalue weighted by Gasteiger charge is 2.71. The normalized spacial score (nSPS) is 33.5. The van der Waals surface area contributed by atoms with Crippen LogP contribution in [-0.4, -0.2) is 147 Å². The van der Waals surface area contributed by atoms with Gasteiger partial charge in [0.2, 0.25) is 0 Å². The van der Waals surface area contributed by atoms with Crippen LogP contribution in [0, 0.1) is 40.4 Å². The molecule has 2 saturated heterocycles.